The molecule has 0 bridgehead atoms. The number of rotatable bonds is 1. The monoisotopic (exact) mass is 183 g/mol. The van der Waals surface area contributed by atoms with Gasteiger partial charge in [0.15, 0.2) is 0 Å². The van der Waals surface area contributed by atoms with E-state index in [-0.39, 0.29) is 0 Å². The van der Waals surface area contributed by atoms with Crippen LogP contribution in [0.25, 0.3) is 0 Å². The highest BCUT2D eigenvalue weighted by Gasteiger charge is 2.38. The first-order valence-electron chi connectivity index (χ1n) is 4.94. The smallest absolute Gasteiger partial charge is 0.0711 e. The molecule has 0 unspecified atom stereocenters. The third-order valence-corrected chi connectivity index (χ3v) is 4.40. The molecule has 1 heterocycles. The predicted octanol–water partition coefficient (Wildman–Crippen LogP) is 3.10. The molecule has 2 rings (SSSR count). The Kier molecular flexibility index (Phi) is 2.19. The lowest BCUT2D eigenvalue weighted by molar-refractivity contribution is 0.506. The Hall–Kier alpha value is 0.0200. The van der Waals surface area contributed by atoms with Gasteiger partial charge in [0.2, 0.25) is 0 Å². The molecule has 1 nitrogen and oxygen atoms in total. The number of aliphatic imine (C=N–C) groups is 1. The first-order valence-corrected chi connectivity index (χ1v) is 5.93. The van der Waals surface area contributed by atoms with Crippen LogP contribution in [0.4, 0.5) is 0 Å². The number of thioether (sulfide) groups is 1. The van der Waals surface area contributed by atoms with Crippen LogP contribution in [0.2, 0.25) is 0 Å². The largest absolute Gasteiger partial charge is 0.275 e. The van der Waals surface area contributed by atoms with Crippen LogP contribution in [0.1, 0.15) is 39.5 Å². The van der Waals surface area contributed by atoms with Crippen molar-refractivity contribution in [3.63, 3.8) is 0 Å². The minimum Gasteiger partial charge on any atom is -0.275 e. The molecule has 0 aromatic heterocycles. The molecule has 1 aliphatic carbocycles. The zero-order valence-electron chi connectivity index (χ0n) is 7.97. The second-order valence-corrected chi connectivity index (χ2v) is 5.32. The standard InChI is InChI=1S/C10H17NS/c1-8(2)9-11-10(7-12-9)5-3-4-6-10/h8H,3-7H2,1-2H3. The molecule has 0 N–H and O–H groups in total. The van der Waals surface area contributed by atoms with E-state index < -0.39 is 0 Å². The first-order chi connectivity index (χ1) is 5.72. The molecule has 1 saturated carbocycles. The summed E-state index contributed by atoms with van der Waals surface area (Å²) in [7, 11) is 0. The van der Waals surface area contributed by atoms with Crippen molar-refractivity contribution in [1.29, 1.82) is 0 Å². The number of nitrogens with zero attached hydrogens (tertiary/aromatic N) is 1. The molecule has 1 aliphatic heterocycles. The van der Waals surface area contributed by atoms with Crippen molar-refractivity contribution in [2.24, 2.45) is 10.9 Å². The van der Waals surface area contributed by atoms with Crippen molar-refractivity contribution >= 4 is 16.8 Å². The maximum atomic E-state index is 4.90. The molecule has 1 spiro atoms. The van der Waals surface area contributed by atoms with Gasteiger partial charge >= 0.3 is 0 Å². The highest BCUT2D eigenvalue weighted by Crippen LogP contribution is 2.42. The molecule has 12 heavy (non-hydrogen) atoms. The van der Waals surface area contributed by atoms with Crippen LogP contribution in [0, 0.1) is 5.92 Å². The molecule has 0 amide bonds. The minimum absolute atomic E-state index is 0.393. The van der Waals surface area contributed by atoms with Crippen molar-refractivity contribution in [3.05, 3.63) is 0 Å². The van der Waals surface area contributed by atoms with Gasteiger partial charge in [-0.3, -0.25) is 4.99 Å². The van der Waals surface area contributed by atoms with Crippen LogP contribution in [-0.4, -0.2) is 16.3 Å². The van der Waals surface area contributed by atoms with Gasteiger partial charge in [-0.2, -0.15) is 0 Å². The van der Waals surface area contributed by atoms with Crippen molar-refractivity contribution in [1.82, 2.24) is 0 Å². The van der Waals surface area contributed by atoms with Gasteiger partial charge < -0.3 is 0 Å². The second-order valence-electron chi connectivity index (χ2n) is 4.32. The third kappa shape index (κ3) is 1.41. The highest BCUT2D eigenvalue weighted by atomic mass is 32.2. The van der Waals surface area contributed by atoms with Crippen molar-refractivity contribution < 1.29 is 0 Å². The quantitative estimate of drug-likeness (QED) is 0.608. The second kappa shape index (κ2) is 3.06. The van der Waals surface area contributed by atoms with E-state index in [1.54, 1.807) is 0 Å². The summed E-state index contributed by atoms with van der Waals surface area (Å²) in [5.74, 6) is 1.91. The van der Waals surface area contributed by atoms with Crippen LogP contribution in [0.15, 0.2) is 4.99 Å². The molecule has 0 saturated heterocycles. The van der Waals surface area contributed by atoms with E-state index >= 15 is 0 Å². The molecule has 2 aliphatic rings. The van der Waals surface area contributed by atoms with Crippen molar-refractivity contribution in [2.45, 2.75) is 45.1 Å². The van der Waals surface area contributed by atoms with Gasteiger partial charge in [0.05, 0.1) is 10.6 Å². The van der Waals surface area contributed by atoms with Gasteiger partial charge in [-0.25, -0.2) is 0 Å². The van der Waals surface area contributed by atoms with E-state index in [2.05, 4.69) is 13.8 Å². The topological polar surface area (TPSA) is 12.4 Å². The van der Waals surface area contributed by atoms with E-state index in [4.69, 9.17) is 4.99 Å². The SMILES string of the molecule is CC(C)C1=NC2(CCCC2)CS1. The molecule has 0 atom stereocenters. The van der Waals surface area contributed by atoms with Crippen molar-refractivity contribution in [2.75, 3.05) is 5.75 Å². The first kappa shape index (κ1) is 8.61. The lowest BCUT2D eigenvalue weighted by atomic mass is 10.0. The van der Waals surface area contributed by atoms with Crippen LogP contribution in [0.3, 0.4) is 0 Å². The van der Waals surface area contributed by atoms with E-state index in [1.807, 2.05) is 11.8 Å². The maximum Gasteiger partial charge on any atom is 0.0711 e. The van der Waals surface area contributed by atoms with Crippen LogP contribution in [-0.2, 0) is 0 Å². The minimum atomic E-state index is 0.393. The van der Waals surface area contributed by atoms with Crippen molar-refractivity contribution in [3.8, 4) is 0 Å². The fourth-order valence-electron chi connectivity index (χ4n) is 2.09. The lowest BCUT2D eigenvalue weighted by Crippen LogP contribution is -2.21. The zero-order valence-corrected chi connectivity index (χ0v) is 8.78. The van der Waals surface area contributed by atoms with Crippen LogP contribution >= 0.6 is 11.8 Å². The van der Waals surface area contributed by atoms with Gasteiger partial charge in [0.1, 0.15) is 0 Å². The van der Waals surface area contributed by atoms with Gasteiger partial charge in [-0.1, -0.05) is 26.7 Å². The third-order valence-electron chi connectivity index (χ3n) is 2.86. The Labute approximate surface area is 79.0 Å². The summed E-state index contributed by atoms with van der Waals surface area (Å²) >= 11 is 2.00. The Balaban J connectivity index is 2.12. The summed E-state index contributed by atoms with van der Waals surface area (Å²) in [6, 6.07) is 0. The van der Waals surface area contributed by atoms with Crippen LogP contribution in [0.5, 0.6) is 0 Å². The zero-order chi connectivity index (χ0) is 8.60. The van der Waals surface area contributed by atoms with E-state index in [0.29, 0.717) is 11.5 Å². The van der Waals surface area contributed by atoms with Crippen LogP contribution < -0.4 is 0 Å². The van der Waals surface area contributed by atoms with E-state index in [1.165, 1.54) is 36.5 Å². The Morgan fingerprint density at radius 3 is 2.50 bits per heavy atom. The molecule has 0 aromatic carbocycles. The fraction of sp³-hybridized carbons (Fsp3) is 0.900. The molecule has 1 fully saturated rings. The fourth-order valence-corrected chi connectivity index (χ4v) is 3.45. The van der Waals surface area contributed by atoms with Gasteiger partial charge in [0.25, 0.3) is 0 Å². The average Bonchev–Trinajstić information content (AvgIpc) is 2.62. The number of hydrogen-bond donors (Lipinski definition) is 0. The predicted molar refractivity (Wildman–Crippen MR) is 55.9 cm³/mol. The summed E-state index contributed by atoms with van der Waals surface area (Å²) in [6.45, 7) is 4.50. The van der Waals surface area contributed by atoms with Gasteiger partial charge in [0, 0.05) is 11.7 Å². The molecule has 68 valence electrons. The Morgan fingerprint density at radius 1 is 1.33 bits per heavy atom. The summed E-state index contributed by atoms with van der Waals surface area (Å²) in [5, 5.41) is 1.40. The molecular formula is C10H17NS. The summed E-state index contributed by atoms with van der Waals surface area (Å²) < 4.78 is 0. The molecule has 0 radical (unpaired) electrons. The van der Waals surface area contributed by atoms with Gasteiger partial charge in [-0.15, -0.1) is 11.8 Å². The summed E-state index contributed by atoms with van der Waals surface area (Å²) in [4.78, 5) is 4.90. The average molecular weight is 183 g/mol. The molecule has 0 aromatic rings. The van der Waals surface area contributed by atoms with Gasteiger partial charge in [-0.05, 0) is 12.8 Å². The molecule has 2 heteroatoms. The summed E-state index contributed by atoms with van der Waals surface area (Å²) in [6.07, 6.45) is 5.48. The maximum absolute atomic E-state index is 4.90. The summed E-state index contributed by atoms with van der Waals surface area (Å²) in [5.41, 5.74) is 0.393. The normalized spacial score (nSPS) is 27.1. The number of hydrogen-bond acceptors (Lipinski definition) is 2. The van der Waals surface area contributed by atoms with E-state index in [9.17, 15) is 0 Å². The Bertz CT molecular complexity index is 202. The lowest BCUT2D eigenvalue weighted by Gasteiger charge is -2.16. The highest BCUT2D eigenvalue weighted by molar-refractivity contribution is 8.14. The Morgan fingerprint density at radius 2 is 2.00 bits per heavy atom. The molecular weight excluding hydrogens is 166 g/mol. The van der Waals surface area contributed by atoms with E-state index in [0.717, 1.165) is 0 Å².